The molecule has 0 bridgehead atoms. The zero-order chi connectivity index (χ0) is 22.9. The minimum atomic E-state index is -2.74. The van der Waals surface area contributed by atoms with E-state index in [2.05, 4.69) is 66.3 Å². The molecule has 3 aromatic carbocycles. The maximum Gasteiger partial charge on any atom is 0.261 e. The number of nitrogens with one attached hydrogen (secondary N) is 1. The number of rotatable bonds is 6. The van der Waals surface area contributed by atoms with E-state index in [0.29, 0.717) is 17.7 Å². The molecule has 1 atom stereocenters. The normalized spacial score (nSPS) is 14.7. The number of fused-ring (bicyclic) bond motifs is 1. The van der Waals surface area contributed by atoms with Gasteiger partial charge in [-0.1, -0.05) is 97.4 Å². The van der Waals surface area contributed by atoms with Gasteiger partial charge in [0, 0.05) is 16.6 Å². The summed E-state index contributed by atoms with van der Waals surface area (Å²) < 4.78 is 7.67. The van der Waals surface area contributed by atoms with Crippen LogP contribution in [-0.2, 0) is 11.0 Å². The van der Waals surface area contributed by atoms with Crippen LogP contribution >= 0.6 is 15.9 Å². The quantitative estimate of drug-likeness (QED) is 0.487. The molecule has 6 heteroatoms. The average molecular weight is 511 g/mol. The predicted molar refractivity (Wildman–Crippen MR) is 134 cm³/mol. The van der Waals surface area contributed by atoms with Crippen LogP contribution in [0.1, 0.15) is 48.4 Å². The van der Waals surface area contributed by atoms with E-state index in [1.54, 1.807) is 6.07 Å². The Bertz CT molecular complexity index is 1070. The minimum Gasteiger partial charge on any atom is -0.404 e. The number of aliphatic hydroxyl groups is 1. The van der Waals surface area contributed by atoms with Crippen LogP contribution in [0.3, 0.4) is 0 Å². The molecule has 3 aromatic rings. The molecule has 0 aromatic heterocycles. The highest BCUT2D eigenvalue weighted by molar-refractivity contribution is 9.10. The third-order valence-corrected chi connectivity index (χ3v) is 11.9. The lowest BCUT2D eigenvalue weighted by atomic mass is 10.0. The van der Waals surface area contributed by atoms with Crippen molar-refractivity contribution in [3.05, 3.63) is 94.0 Å². The van der Waals surface area contributed by atoms with Gasteiger partial charge in [-0.15, -0.1) is 0 Å². The van der Waals surface area contributed by atoms with Crippen molar-refractivity contribution >= 4 is 40.5 Å². The lowest BCUT2D eigenvalue weighted by Crippen LogP contribution is -2.66. The van der Waals surface area contributed by atoms with E-state index in [4.69, 9.17) is 4.43 Å². The molecule has 1 aliphatic rings. The van der Waals surface area contributed by atoms with Gasteiger partial charge in [-0.2, -0.15) is 0 Å². The van der Waals surface area contributed by atoms with Crippen LogP contribution < -0.4 is 15.7 Å². The first-order valence-electron chi connectivity index (χ1n) is 10.8. The first-order valence-corrected chi connectivity index (χ1v) is 13.5. The molecule has 1 heterocycles. The Morgan fingerprint density at radius 2 is 1.59 bits per heavy atom. The largest absolute Gasteiger partial charge is 0.404 e. The zero-order valence-corrected chi connectivity index (χ0v) is 21.1. The van der Waals surface area contributed by atoms with Gasteiger partial charge in [-0.3, -0.25) is 4.79 Å². The van der Waals surface area contributed by atoms with Crippen LogP contribution in [0.25, 0.3) is 0 Å². The van der Waals surface area contributed by atoms with Gasteiger partial charge >= 0.3 is 0 Å². The number of hydrogen-bond acceptors (Lipinski definition) is 3. The van der Waals surface area contributed by atoms with Gasteiger partial charge < -0.3 is 14.8 Å². The molecule has 0 aliphatic carbocycles. The SMILES string of the molecule is CC(C)(C)[Si](OCC(O)c1cc(Br)c2c(c1)C(=O)NC2)(c1ccccc1)c1ccccc1. The number of amides is 1. The Labute approximate surface area is 198 Å². The van der Waals surface area contributed by atoms with E-state index in [1.165, 1.54) is 10.4 Å². The van der Waals surface area contributed by atoms with Crippen LogP contribution in [0.4, 0.5) is 0 Å². The lowest BCUT2D eigenvalue weighted by Gasteiger charge is -2.43. The minimum absolute atomic E-state index is 0.109. The molecule has 4 rings (SSSR count). The number of halogens is 1. The lowest BCUT2D eigenvalue weighted by molar-refractivity contribution is 0.0962. The number of carbonyl (C=O) groups is 1. The van der Waals surface area contributed by atoms with Crippen LogP contribution in [0.15, 0.2) is 77.3 Å². The van der Waals surface area contributed by atoms with Gasteiger partial charge in [0.25, 0.3) is 14.2 Å². The van der Waals surface area contributed by atoms with Crippen molar-refractivity contribution in [3.63, 3.8) is 0 Å². The van der Waals surface area contributed by atoms with Crippen molar-refractivity contribution in [2.45, 2.75) is 38.5 Å². The molecule has 1 unspecified atom stereocenters. The summed E-state index contributed by atoms with van der Waals surface area (Å²) in [6.07, 6.45) is -0.855. The molecule has 0 spiro atoms. The molecule has 0 saturated carbocycles. The predicted octanol–water partition coefficient (Wildman–Crippen LogP) is 4.30. The molecular weight excluding hydrogens is 482 g/mol. The van der Waals surface area contributed by atoms with E-state index >= 15 is 0 Å². The van der Waals surface area contributed by atoms with E-state index in [-0.39, 0.29) is 17.6 Å². The van der Waals surface area contributed by atoms with Crippen LogP contribution in [0, 0.1) is 0 Å². The van der Waals surface area contributed by atoms with E-state index in [9.17, 15) is 9.90 Å². The van der Waals surface area contributed by atoms with Crippen molar-refractivity contribution < 1.29 is 14.3 Å². The van der Waals surface area contributed by atoms with Crippen molar-refractivity contribution in [3.8, 4) is 0 Å². The summed E-state index contributed by atoms with van der Waals surface area (Å²) in [5, 5.41) is 16.1. The smallest absolute Gasteiger partial charge is 0.261 e. The van der Waals surface area contributed by atoms with Crippen LogP contribution in [0.2, 0.25) is 5.04 Å². The summed E-state index contributed by atoms with van der Waals surface area (Å²) in [6, 6.07) is 24.4. The molecule has 0 radical (unpaired) electrons. The van der Waals surface area contributed by atoms with Gasteiger partial charge in [0.05, 0.1) is 6.61 Å². The molecule has 1 aliphatic heterocycles. The third kappa shape index (κ3) is 4.08. The fraction of sp³-hybridized carbons (Fsp3) is 0.269. The molecule has 0 fully saturated rings. The third-order valence-electron chi connectivity index (χ3n) is 6.15. The van der Waals surface area contributed by atoms with Crippen molar-refractivity contribution in [1.29, 1.82) is 0 Å². The second-order valence-corrected chi connectivity index (χ2v) is 14.4. The summed E-state index contributed by atoms with van der Waals surface area (Å²) in [6.45, 7) is 7.27. The number of hydrogen-bond donors (Lipinski definition) is 2. The van der Waals surface area contributed by atoms with Gasteiger partial charge in [-0.25, -0.2) is 0 Å². The van der Waals surface area contributed by atoms with Gasteiger partial charge in [0.1, 0.15) is 6.10 Å². The van der Waals surface area contributed by atoms with Crippen LogP contribution in [0.5, 0.6) is 0 Å². The monoisotopic (exact) mass is 509 g/mol. The van der Waals surface area contributed by atoms with E-state index in [0.717, 1.165) is 10.0 Å². The molecule has 2 N–H and O–H groups in total. The Kier molecular flexibility index (Phi) is 6.41. The van der Waals surface area contributed by atoms with Gasteiger partial charge in [0.2, 0.25) is 0 Å². The fourth-order valence-electron chi connectivity index (χ4n) is 4.56. The number of aliphatic hydroxyl groups excluding tert-OH is 1. The topological polar surface area (TPSA) is 58.6 Å². The summed E-state index contributed by atoms with van der Waals surface area (Å²) >= 11 is 3.55. The first-order chi connectivity index (χ1) is 15.2. The Morgan fingerprint density at radius 1 is 1.03 bits per heavy atom. The molecule has 0 saturated heterocycles. The number of carbonyl (C=O) groups excluding carboxylic acids is 1. The van der Waals surface area contributed by atoms with Crippen molar-refractivity contribution in [1.82, 2.24) is 5.32 Å². The Balaban J connectivity index is 1.72. The van der Waals surface area contributed by atoms with E-state index < -0.39 is 14.4 Å². The first kappa shape index (κ1) is 22.9. The van der Waals surface area contributed by atoms with E-state index in [1.807, 2.05) is 42.5 Å². The maximum absolute atomic E-state index is 12.2. The molecule has 166 valence electrons. The summed E-state index contributed by atoms with van der Waals surface area (Å²) in [5.74, 6) is -0.109. The summed E-state index contributed by atoms with van der Waals surface area (Å²) in [5.41, 5.74) is 2.21. The second kappa shape index (κ2) is 8.94. The van der Waals surface area contributed by atoms with Gasteiger partial charge in [0.15, 0.2) is 0 Å². The highest BCUT2D eigenvalue weighted by Crippen LogP contribution is 2.38. The fourth-order valence-corrected chi connectivity index (χ4v) is 9.74. The maximum atomic E-state index is 12.2. The number of benzene rings is 3. The van der Waals surface area contributed by atoms with Crippen LogP contribution in [-0.4, -0.2) is 25.9 Å². The van der Waals surface area contributed by atoms with Gasteiger partial charge in [-0.05, 0) is 38.7 Å². The Hall–Kier alpha value is -2.25. The summed E-state index contributed by atoms with van der Waals surface area (Å²) in [7, 11) is -2.74. The molecule has 4 nitrogen and oxygen atoms in total. The molecular formula is C26H28BrNO3Si. The zero-order valence-electron chi connectivity index (χ0n) is 18.6. The molecule has 32 heavy (non-hydrogen) atoms. The molecule has 1 amide bonds. The Morgan fingerprint density at radius 3 is 2.12 bits per heavy atom. The second-order valence-electron chi connectivity index (χ2n) is 9.20. The summed E-state index contributed by atoms with van der Waals surface area (Å²) in [4.78, 5) is 12.2. The highest BCUT2D eigenvalue weighted by Gasteiger charge is 2.50. The van der Waals surface area contributed by atoms with Crippen molar-refractivity contribution in [2.24, 2.45) is 0 Å². The highest BCUT2D eigenvalue weighted by atomic mass is 79.9. The standard InChI is InChI=1S/C26H28BrNO3Si/c1-26(2,3)32(19-10-6-4-7-11-19,20-12-8-5-9-13-20)31-17-24(29)18-14-21-22(23(27)15-18)16-28-25(21)30/h4-15,24,29H,16-17H2,1-3H3,(H,28,30). The van der Waals surface area contributed by atoms with Crippen molar-refractivity contribution in [2.75, 3.05) is 6.61 Å². The average Bonchev–Trinajstić information content (AvgIpc) is 3.16.